The SMILES string of the molecule is Cc1cc(Br)cc(C(O)C2CCCC2)c1. The molecule has 1 nitrogen and oxygen atoms in total. The summed E-state index contributed by atoms with van der Waals surface area (Å²) in [4.78, 5) is 0. The van der Waals surface area contributed by atoms with Crippen LogP contribution in [0.25, 0.3) is 0 Å². The fourth-order valence-corrected chi connectivity index (χ4v) is 3.11. The van der Waals surface area contributed by atoms with Gasteiger partial charge in [-0.3, -0.25) is 0 Å². The molecule has 1 N–H and O–H groups in total. The van der Waals surface area contributed by atoms with E-state index in [0.29, 0.717) is 5.92 Å². The van der Waals surface area contributed by atoms with Crippen molar-refractivity contribution < 1.29 is 5.11 Å². The average Bonchev–Trinajstić information content (AvgIpc) is 2.67. The van der Waals surface area contributed by atoms with Gasteiger partial charge in [0, 0.05) is 4.47 Å². The molecule has 0 radical (unpaired) electrons. The van der Waals surface area contributed by atoms with Crippen LogP contribution in [0, 0.1) is 12.8 Å². The summed E-state index contributed by atoms with van der Waals surface area (Å²) in [5.41, 5.74) is 2.27. The average molecular weight is 269 g/mol. The largest absolute Gasteiger partial charge is 0.388 e. The minimum absolute atomic E-state index is 0.274. The summed E-state index contributed by atoms with van der Waals surface area (Å²) in [6.45, 7) is 2.07. The Morgan fingerprint density at radius 1 is 1.27 bits per heavy atom. The van der Waals surface area contributed by atoms with E-state index in [-0.39, 0.29) is 6.10 Å². The van der Waals surface area contributed by atoms with Gasteiger partial charge in [-0.15, -0.1) is 0 Å². The van der Waals surface area contributed by atoms with Gasteiger partial charge in [0.05, 0.1) is 6.10 Å². The molecule has 1 aromatic carbocycles. The van der Waals surface area contributed by atoms with E-state index in [0.717, 1.165) is 10.0 Å². The van der Waals surface area contributed by atoms with Crippen LogP contribution in [0.4, 0.5) is 0 Å². The Morgan fingerprint density at radius 2 is 1.93 bits per heavy atom. The van der Waals surface area contributed by atoms with Gasteiger partial charge in [0.2, 0.25) is 0 Å². The van der Waals surface area contributed by atoms with E-state index < -0.39 is 0 Å². The zero-order valence-electron chi connectivity index (χ0n) is 9.04. The lowest BCUT2D eigenvalue weighted by molar-refractivity contribution is 0.111. The molecule has 0 heterocycles. The number of hydrogen-bond acceptors (Lipinski definition) is 1. The Balaban J connectivity index is 2.20. The number of rotatable bonds is 2. The van der Waals surface area contributed by atoms with E-state index in [1.54, 1.807) is 0 Å². The third-order valence-corrected chi connectivity index (χ3v) is 3.71. The van der Waals surface area contributed by atoms with Crippen LogP contribution in [-0.4, -0.2) is 5.11 Å². The second-order valence-electron chi connectivity index (χ2n) is 4.55. The molecule has 0 amide bonds. The Labute approximate surface area is 99.6 Å². The molecule has 1 aliphatic carbocycles. The van der Waals surface area contributed by atoms with Crippen LogP contribution in [0.2, 0.25) is 0 Å². The highest BCUT2D eigenvalue weighted by molar-refractivity contribution is 9.10. The van der Waals surface area contributed by atoms with E-state index in [2.05, 4.69) is 35.0 Å². The molecule has 0 saturated heterocycles. The molecule has 2 heteroatoms. The Kier molecular flexibility index (Phi) is 3.47. The van der Waals surface area contributed by atoms with Crippen molar-refractivity contribution in [2.24, 2.45) is 5.92 Å². The lowest BCUT2D eigenvalue weighted by atomic mass is 9.94. The normalized spacial score (nSPS) is 19.4. The maximum Gasteiger partial charge on any atom is 0.0818 e. The van der Waals surface area contributed by atoms with Gasteiger partial charge in [0.15, 0.2) is 0 Å². The maximum absolute atomic E-state index is 10.2. The zero-order valence-corrected chi connectivity index (χ0v) is 10.6. The first-order valence-corrected chi connectivity index (χ1v) is 6.41. The minimum Gasteiger partial charge on any atom is -0.388 e. The van der Waals surface area contributed by atoms with Crippen molar-refractivity contribution in [1.29, 1.82) is 0 Å². The van der Waals surface area contributed by atoms with Crippen LogP contribution in [0.15, 0.2) is 22.7 Å². The second-order valence-corrected chi connectivity index (χ2v) is 5.47. The van der Waals surface area contributed by atoms with Crippen LogP contribution >= 0.6 is 15.9 Å². The fourth-order valence-electron chi connectivity index (χ4n) is 2.48. The van der Waals surface area contributed by atoms with Gasteiger partial charge in [0.1, 0.15) is 0 Å². The molecule has 1 saturated carbocycles. The zero-order chi connectivity index (χ0) is 10.8. The van der Waals surface area contributed by atoms with E-state index in [1.165, 1.54) is 31.2 Å². The number of hydrogen-bond donors (Lipinski definition) is 1. The van der Waals surface area contributed by atoms with Crippen LogP contribution in [0.3, 0.4) is 0 Å². The lowest BCUT2D eigenvalue weighted by Gasteiger charge is -2.18. The van der Waals surface area contributed by atoms with Gasteiger partial charge in [-0.1, -0.05) is 34.8 Å². The van der Waals surface area contributed by atoms with Crippen LogP contribution in [0.5, 0.6) is 0 Å². The number of benzene rings is 1. The summed E-state index contributed by atoms with van der Waals surface area (Å²) in [6.07, 6.45) is 4.62. The van der Waals surface area contributed by atoms with Crippen molar-refractivity contribution in [3.05, 3.63) is 33.8 Å². The lowest BCUT2D eigenvalue weighted by Crippen LogP contribution is -2.09. The molecule has 1 unspecified atom stereocenters. The second kappa shape index (κ2) is 4.67. The van der Waals surface area contributed by atoms with Gasteiger partial charge in [-0.25, -0.2) is 0 Å². The van der Waals surface area contributed by atoms with Crippen molar-refractivity contribution in [2.45, 2.75) is 38.7 Å². The number of halogens is 1. The smallest absolute Gasteiger partial charge is 0.0818 e. The van der Waals surface area contributed by atoms with E-state index in [4.69, 9.17) is 0 Å². The third kappa shape index (κ3) is 2.61. The highest BCUT2D eigenvalue weighted by atomic mass is 79.9. The van der Waals surface area contributed by atoms with Crippen molar-refractivity contribution in [3.8, 4) is 0 Å². The summed E-state index contributed by atoms with van der Waals surface area (Å²) in [5.74, 6) is 0.471. The molecule has 0 aromatic heterocycles. The third-order valence-electron chi connectivity index (χ3n) is 3.25. The van der Waals surface area contributed by atoms with Crippen molar-refractivity contribution in [2.75, 3.05) is 0 Å². The summed E-state index contributed by atoms with van der Waals surface area (Å²) in [6, 6.07) is 6.20. The molecule has 1 aromatic rings. The van der Waals surface area contributed by atoms with E-state index in [9.17, 15) is 5.11 Å². The first-order valence-electron chi connectivity index (χ1n) is 5.62. The molecule has 0 spiro atoms. The molecule has 82 valence electrons. The van der Waals surface area contributed by atoms with E-state index in [1.807, 2.05) is 6.07 Å². The Morgan fingerprint density at radius 3 is 2.53 bits per heavy atom. The maximum atomic E-state index is 10.2. The molecule has 2 rings (SSSR count). The number of aryl methyl sites for hydroxylation is 1. The van der Waals surface area contributed by atoms with Gasteiger partial charge < -0.3 is 5.11 Å². The molecule has 1 atom stereocenters. The summed E-state index contributed by atoms with van der Waals surface area (Å²) < 4.78 is 1.06. The van der Waals surface area contributed by atoms with Gasteiger partial charge >= 0.3 is 0 Å². The predicted molar refractivity (Wildman–Crippen MR) is 65.8 cm³/mol. The predicted octanol–water partition coefficient (Wildman–Crippen LogP) is 3.98. The van der Waals surface area contributed by atoms with Crippen LogP contribution in [-0.2, 0) is 0 Å². The topological polar surface area (TPSA) is 20.2 Å². The van der Waals surface area contributed by atoms with Crippen LogP contribution in [0.1, 0.15) is 42.9 Å². The van der Waals surface area contributed by atoms with E-state index >= 15 is 0 Å². The monoisotopic (exact) mass is 268 g/mol. The molecule has 15 heavy (non-hydrogen) atoms. The van der Waals surface area contributed by atoms with Gasteiger partial charge in [-0.05, 0) is 48.9 Å². The summed E-state index contributed by atoms with van der Waals surface area (Å²) in [7, 11) is 0. The van der Waals surface area contributed by atoms with Gasteiger partial charge in [-0.2, -0.15) is 0 Å². The van der Waals surface area contributed by atoms with Crippen LogP contribution < -0.4 is 0 Å². The van der Waals surface area contributed by atoms with Gasteiger partial charge in [0.25, 0.3) is 0 Å². The Bertz CT molecular complexity index is 322. The molecular formula is C13H17BrO. The molecule has 1 fully saturated rings. The first kappa shape index (κ1) is 11.2. The van der Waals surface area contributed by atoms with Crippen molar-refractivity contribution in [3.63, 3.8) is 0 Å². The van der Waals surface area contributed by atoms with Crippen molar-refractivity contribution >= 4 is 15.9 Å². The quantitative estimate of drug-likeness (QED) is 0.861. The molecule has 0 aliphatic heterocycles. The first-order chi connectivity index (χ1) is 7.16. The number of aliphatic hydroxyl groups is 1. The summed E-state index contributed by atoms with van der Waals surface area (Å²) in [5, 5.41) is 10.2. The standard InChI is InChI=1S/C13H17BrO/c1-9-6-11(8-12(14)7-9)13(15)10-4-2-3-5-10/h6-8,10,13,15H,2-5H2,1H3. The molecular weight excluding hydrogens is 252 g/mol. The summed E-state index contributed by atoms with van der Waals surface area (Å²) >= 11 is 3.48. The highest BCUT2D eigenvalue weighted by Gasteiger charge is 2.24. The number of aliphatic hydroxyl groups excluding tert-OH is 1. The van der Waals surface area contributed by atoms with Crippen molar-refractivity contribution in [1.82, 2.24) is 0 Å². The highest BCUT2D eigenvalue weighted by Crippen LogP contribution is 2.36. The molecule has 1 aliphatic rings. The minimum atomic E-state index is -0.274. The fraction of sp³-hybridized carbons (Fsp3) is 0.538. The molecule has 0 bridgehead atoms. The Hall–Kier alpha value is -0.340.